The largest absolute Gasteiger partial charge is 0.503 e. The van der Waals surface area contributed by atoms with E-state index in [4.69, 9.17) is 4.42 Å². The number of ketones is 1. The van der Waals surface area contributed by atoms with Crippen LogP contribution in [0.25, 0.3) is 0 Å². The van der Waals surface area contributed by atoms with Crippen molar-refractivity contribution in [2.75, 3.05) is 7.05 Å². The zero-order valence-corrected chi connectivity index (χ0v) is 11.2. The fraction of sp³-hybridized carbons (Fsp3) is 0.133. The van der Waals surface area contributed by atoms with E-state index in [9.17, 15) is 14.7 Å². The van der Waals surface area contributed by atoms with Gasteiger partial charge < -0.3 is 14.4 Å². The number of aliphatic hydroxyl groups excluding tert-OH is 1. The molecule has 0 aliphatic carbocycles. The van der Waals surface area contributed by atoms with Gasteiger partial charge in [0.05, 0.1) is 17.5 Å². The lowest BCUT2D eigenvalue weighted by Gasteiger charge is -2.21. The van der Waals surface area contributed by atoms with E-state index in [2.05, 4.69) is 4.98 Å². The lowest BCUT2D eigenvalue weighted by atomic mass is 9.99. The summed E-state index contributed by atoms with van der Waals surface area (Å²) in [5.74, 6) is -1.62. The Morgan fingerprint density at radius 1 is 1.33 bits per heavy atom. The van der Waals surface area contributed by atoms with Crippen molar-refractivity contribution in [2.24, 2.45) is 0 Å². The molecule has 6 heteroatoms. The first-order valence-corrected chi connectivity index (χ1v) is 6.30. The summed E-state index contributed by atoms with van der Waals surface area (Å²) in [7, 11) is 1.51. The number of furan rings is 1. The molecule has 0 radical (unpaired) electrons. The molecule has 2 aromatic rings. The number of Topliss-reactive ketones (excluding diaryl/α,β-unsaturated/α-hetero) is 1. The van der Waals surface area contributed by atoms with Crippen molar-refractivity contribution in [3.63, 3.8) is 0 Å². The number of hydrogen-bond acceptors (Lipinski definition) is 5. The third-order valence-corrected chi connectivity index (χ3v) is 3.40. The van der Waals surface area contributed by atoms with E-state index in [-0.39, 0.29) is 11.3 Å². The summed E-state index contributed by atoms with van der Waals surface area (Å²) in [6, 6.07) is 7.52. The number of rotatable bonds is 3. The van der Waals surface area contributed by atoms with Gasteiger partial charge in [-0.25, -0.2) is 0 Å². The SMILES string of the molecule is CN1C(=O)C(O)=C(C(=O)c2ccco2)C1c1ccccn1. The van der Waals surface area contributed by atoms with Crippen LogP contribution in [0.3, 0.4) is 0 Å². The van der Waals surface area contributed by atoms with Crippen molar-refractivity contribution in [3.05, 3.63) is 65.6 Å². The van der Waals surface area contributed by atoms with Crippen molar-refractivity contribution in [1.29, 1.82) is 0 Å². The second kappa shape index (κ2) is 4.90. The van der Waals surface area contributed by atoms with Gasteiger partial charge in [0, 0.05) is 13.2 Å². The molecule has 0 spiro atoms. The number of aromatic nitrogens is 1. The molecule has 1 aliphatic rings. The third-order valence-electron chi connectivity index (χ3n) is 3.40. The topological polar surface area (TPSA) is 83.6 Å². The Morgan fingerprint density at radius 3 is 2.76 bits per heavy atom. The Kier molecular flexibility index (Phi) is 3.06. The summed E-state index contributed by atoms with van der Waals surface area (Å²) >= 11 is 0. The van der Waals surface area contributed by atoms with Gasteiger partial charge in [-0.05, 0) is 24.3 Å². The maximum Gasteiger partial charge on any atom is 0.289 e. The monoisotopic (exact) mass is 284 g/mol. The molecule has 1 N–H and O–H groups in total. The second-order valence-electron chi connectivity index (χ2n) is 4.64. The number of likely N-dealkylation sites (N-methyl/N-ethyl adjacent to an activating group) is 1. The lowest BCUT2D eigenvalue weighted by Crippen LogP contribution is -2.27. The molecule has 1 amide bonds. The third kappa shape index (κ3) is 2.01. The highest BCUT2D eigenvalue weighted by atomic mass is 16.3. The van der Waals surface area contributed by atoms with E-state index < -0.39 is 23.5 Å². The number of amides is 1. The van der Waals surface area contributed by atoms with Gasteiger partial charge in [-0.1, -0.05) is 6.07 Å². The van der Waals surface area contributed by atoms with E-state index >= 15 is 0 Å². The predicted octanol–water partition coefficient (Wildman–Crippen LogP) is 1.88. The normalized spacial score (nSPS) is 18.4. The molecule has 6 nitrogen and oxygen atoms in total. The van der Waals surface area contributed by atoms with Crippen LogP contribution in [0.2, 0.25) is 0 Å². The van der Waals surface area contributed by atoms with Crippen LogP contribution in [-0.2, 0) is 4.79 Å². The Bertz CT molecular complexity index is 719. The summed E-state index contributed by atoms with van der Waals surface area (Å²) in [5, 5.41) is 10.0. The number of carbonyl (C=O) groups is 2. The van der Waals surface area contributed by atoms with Crippen LogP contribution >= 0.6 is 0 Å². The maximum atomic E-state index is 12.5. The van der Waals surface area contributed by atoms with Crippen LogP contribution in [0.15, 0.2) is 58.5 Å². The predicted molar refractivity (Wildman–Crippen MR) is 72.4 cm³/mol. The Morgan fingerprint density at radius 2 is 2.14 bits per heavy atom. The lowest BCUT2D eigenvalue weighted by molar-refractivity contribution is -0.128. The van der Waals surface area contributed by atoms with E-state index in [1.165, 1.54) is 24.3 Å². The van der Waals surface area contributed by atoms with Crippen LogP contribution in [0.1, 0.15) is 22.3 Å². The number of aliphatic hydroxyl groups is 1. The molecule has 2 aromatic heterocycles. The molecule has 1 aliphatic heterocycles. The van der Waals surface area contributed by atoms with Crippen LogP contribution in [0.4, 0.5) is 0 Å². The van der Waals surface area contributed by atoms with Crippen molar-refractivity contribution in [2.45, 2.75) is 6.04 Å². The van der Waals surface area contributed by atoms with Gasteiger partial charge in [0.1, 0.15) is 6.04 Å². The molecule has 0 aromatic carbocycles. The minimum absolute atomic E-state index is 0.0175. The van der Waals surface area contributed by atoms with Crippen LogP contribution in [0.5, 0.6) is 0 Å². The van der Waals surface area contributed by atoms with Gasteiger partial charge in [-0.3, -0.25) is 14.6 Å². The highest BCUT2D eigenvalue weighted by molar-refractivity contribution is 6.14. The van der Waals surface area contributed by atoms with Gasteiger partial charge in [-0.15, -0.1) is 0 Å². The smallest absolute Gasteiger partial charge is 0.289 e. The number of carbonyl (C=O) groups excluding carboxylic acids is 2. The maximum absolute atomic E-state index is 12.5. The molecule has 0 fully saturated rings. The van der Waals surface area contributed by atoms with Gasteiger partial charge in [0.2, 0.25) is 5.78 Å². The van der Waals surface area contributed by atoms with Gasteiger partial charge in [0.15, 0.2) is 11.5 Å². The van der Waals surface area contributed by atoms with Gasteiger partial charge in [-0.2, -0.15) is 0 Å². The molecule has 0 saturated carbocycles. The summed E-state index contributed by atoms with van der Waals surface area (Å²) in [5.41, 5.74) is 0.489. The van der Waals surface area contributed by atoms with Gasteiger partial charge in [0.25, 0.3) is 5.91 Å². The number of hydrogen-bond donors (Lipinski definition) is 1. The molecule has 0 bridgehead atoms. The van der Waals surface area contributed by atoms with Crippen molar-refractivity contribution in [1.82, 2.24) is 9.88 Å². The average Bonchev–Trinajstić information content (AvgIpc) is 3.11. The Balaban J connectivity index is 2.10. The molecule has 1 atom stereocenters. The van der Waals surface area contributed by atoms with Crippen LogP contribution in [0, 0.1) is 0 Å². The van der Waals surface area contributed by atoms with Crippen molar-refractivity contribution < 1.29 is 19.1 Å². The van der Waals surface area contributed by atoms with Gasteiger partial charge >= 0.3 is 0 Å². The standard InChI is InChI=1S/C15H12N2O4/c1-17-12(9-5-2-3-7-16-9)11(14(19)15(17)20)13(18)10-6-4-8-21-10/h2-8,12,19H,1H3. The minimum atomic E-state index is -0.726. The highest BCUT2D eigenvalue weighted by Crippen LogP contribution is 2.36. The van der Waals surface area contributed by atoms with E-state index in [0.717, 1.165) is 0 Å². The van der Waals surface area contributed by atoms with Crippen LogP contribution < -0.4 is 0 Å². The first-order chi connectivity index (χ1) is 10.1. The molecule has 1 unspecified atom stereocenters. The first kappa shape index (κ1) is 13.1. The number of nitrogens with zero attached hydrogens (tertiary/aromatic N) is 2. The Hall–Kier alpha value is -2.89. The highest BCUT2D eigenvalue weighted by Gasteiger charge is 2.43. The molecule has 3 rings (SSSR count). The zero-order valence-electron chi connectivity index (χ0n) is 11.2. The minimum Gasteiger partial charge on any atom is -0.503 e. The molecular weight excluding hydrogens is 272 g/mol. The quantitative estimate of drug-likeness (QED) is 0.870. The van der Waals surface area contributed by atoms with Crippen molar-refractivity contribution in [3.8, 4) is 0 Å². The molecule has 3 heterocycles. The molecular formula is C15H12N2O4. The molecule has 0 saturated heterocycles. The van der Waals surface area contributed by atoms with Crippen molar-refractivity contribution >= 4 is 11.7 Å². The number of pyridine rings is 1. The van der Waals surface area contributed by atoms with Crippen LogP contribution in [-0.4, -0.2) is 33.7 Å². The Labute approximate surface area is 120 Å². The second-order valence-corrected chi connectivity index (χ2v) is 4.64. The average molecular weight is 284 g/mol. The first-order valence-electron chi connectivity index (χ1n) is 6.30. The molecule has 21 heavy (non-hydrogen) atoms. The van der Waals surface area contributed by atoms with E-state index in [0.29, 0.717) is 5.69 Å². The van der Waals surface area contributed by atoms with E-state index in [1.807, 2.05) is 0 Å². The van der Waals surface area contributed by atoms with E-state index in [1.54, 1.807) is 30.5 Å². The fourth-order valence-electron chi connectivity index (χ4n) is 2.38. The summed E-state index contributed by atoms with van der Waals surface area (Å²) in [6.45, 7) is 0. The molecule has 106 valence electrons. The summed E-state index contributed by atoms with van der Waals surface area (Å²) in [4.78, 5) is 29.9. The fourth-order valence-corrected chi connectivity index (χ4v) is 2.38. The zero-order chi connectivity index (χ0) is 15.0. The summed E-state index contributed by atoms with van der Waals surface area (Å²) in [6.07, 6.45) is 2.93. The summed E-state index contributed by atoms with van der Waals surface area (Å²) < 4.78 is 5.07.